The van der Waals surface area contributed by atoms with Crippen molar-refractivity contribution in [1.29, 1.82) is 0 Å². The molecule has 7 heteroatoms. The lowest BCUT2D eigenvalue weighted by molar-refractivity contribution is -0.116. The van der Waals surface area contributed by atoms with E-state index in [0.29, 0.717) is 12.1 Å². The maximum atomic E-state index is 11.8. The fraction of sp³-hybridized carbons (Fsp3) is 0.231. The second kappa shape index (κ2) is 6.25. The third kappa shape index (κ3) is 3.39. The van der Waals surface area contributed by atoms with E-state index < -0.39 is 5.97 Å². The number of aromatic carboxylic acids is 1. The van der Waals surface area contributed by atoms with Gasteiger partial charge in [0.1, 0.15) is 10.6 Å². The fourth-order valence-corrected chi connectivity index (χ4v) is 2.51. The van der Waals surface area contributed by atoms with Gasteiger partial charge in [0.2, 0.25) is 5.91 Å². The number of aryl methyl sites for hydroxylation is 2. The van der Waals surface area contributed by atoms with Crippen molar-refractivity contribution in [3.05, 3.63) is 41.3 Å². The molecule has 0 unspecified atom stereocenters. The molecule has 20 heavy (non-hydrogen) atoms. The van der Waals surface area contributed by atoms with Crippen molar-refractivity contribution in [2.45, 2.75) is 19.8 Å². The first kappa shape index (κ1) is 14.1. The highest BCUT2D eigenvalue weighted by Crippen LogP contribution is 2.24. The lowest BCUT2D eigenvalue weighted by Gasteiger charge is -2.04. The standard InChI is InChI=1S/C13H13N3O3S/c1-8-11(13(18)19)12(20-16-8)15-10(17)5-4-9-3-2-6-14-7-9/h2-3,6-7H,4-5H2,1H3,(H,15,17)(H,18,19). The van der Waals surface area contributed by atoms with E-state index >= 15 is 0 Å². The Kier molecular flexibility index (Phi) is 4.41. The molecular weight excluding hydrogens is 278 g/mol. The average Bonchev–Trinajstić information content (AvgIpc) is 2.78. The number of carboxylic acid groups (broad SMARTS) is 1. The predicted octanol–water partition coefficient (Wildman–Crippen LogP) is 2.12. The first-order valence-corrected chi connectivity index (χ1v) is 6.73. The molecule has 2 heterocycles. The van der Waals surface area contributed by atoms with Crippen LogP contribution < -0.4 is 5.32 Å². The summed E-state index contributed by atoms with van der Waals surface area (Å²) in [5.74, 6) is -1.32. The van der Waals surface area contributed by atoms with Gasteiger partial charge in [-0.25, -0.2) is 4.79 Å². The quantitative estimate of drug-likeness (QED) is 0.880. The molecule has 6 nitrogen and oxygen atoms in total. The van der Waals surface area contributed by atoms with Crippen LogP contribution in [0.4, 0.5) is 5.00 Å². The lowest BCUT2D eigenvalue weighted by Crippen LogP contribution is -2.14. The molecular formula is C13H13N3O3S. The number of anilines is 1. The van der Waals surface area contributed by atoms with Gasteiger partial charge in [0.25, 0.3) is 0 Å². The number of rotatable bonds is 5. The summed E-state index contributed by atoms with van der Waals surface area (Å²) in [4.78, 5) is 26.9. The number of pyridine rings is 1. The van der Waals surface area contributed by atoms with Crippen LogP contribution in [0.3, 0.4) is 0 Å². The summed E-state index contributed by atoms with van der Waals surface area (Å²) >= 11 is 0.979. The van der Waals surface area contributed by atoms with Gasteiger partial charge >= 0.3 is 5.97 Å². The van der Waals surface area contributed by atoms with Crippen LogP contribution in [0.1, 0.15) is 28.0 Å². The molecule has 0 atom stereocenters. The molecule has 0 radical (unpaired) electrons. The first-order valence-electron chi connectivity index (χ1n) is 5.96. The van der Waals surface area contributed by atoms with E-state index in [9.17, 15) is 9.59 Å². The van der Waals surface area contributed by atoms with E-state index in [1.165, 1.54) is 0 Å². The lowest BCUT2D eigenvalue weighted by atomic mass is 10.1. The van der Waals surface area contributed by atoms with Crippen LogP contribution in [0, 0.1) is 6.92 Å². The zero-order chi connectivity index (χ0) is 14.5. The summed E-state index contributed by atoms with van der Waals surface area (Å²) in [5, 5.41) is 11.9. The molecule has 0 aromatic carbocycles. The number of carboxylic acids is 1. The molecule has 2 N–H and O–H groups in total. The molecule has 2 rings (SSSR count). The molecule has 2 aromatic rings. The summed E-state index contributed by atoms with van der Waals surface area (Å²) in [6.45, 7) is 1.60. The topological polar surface area (TPSA) is 92.2 Å². The van der Waals surface area contributed by atoms with E-state index in [2.05, 4.69) is 14.7 Å². The Hall–Kier alpha value is -2.28. The van der Waals surface area contributed by atoms with Gasteiger partial charge in [0.05, 0.1) is 5.69 Å². The Morgan fingerprint density at radius 3 is 2.90 bits per heavy atom. The van der Waals surface area contributed by atoms with Crippen LogP contribution in [-0.4, -0.2) is 26.3 Å². The number of aromatic nitrogens is 2. The number of hydrogen-bond donors (Lipinski definition) is 2. The van der Waals surface area contributed by atoms with Gasteiger partial charge in [-0.3, -0.25) is 9.78 Å². The third-order valence-corrected chi connectivity index (χ3v) is 3.55. The number of carbonyl (C=O) groups excluding carboxylic acids is 1. The van der Waals surface area contributed by atoms with Gasteiger partial charge < -0.3 is 10.4 Å². The second-order valence-corrected chi connectivity index (χ2v) is 4.96. The van der Waals surface area contributed by atoms with Crippen LogP contribution in [0.15, 0.2) is 24.5 Å². The molecule has 104 valence electrons. The molecule has 0 bridgehead atoms. The molecule has 0 saturated heterocycles. The average molecular weight is 291 g/mol. The van der Waals surface area contributed by atoms with Crippen LogP contribution >= 0.6 is 11.5 Å². The van der Waals surface area contributed by atoms with E-state index in [-0.39, 0.29) is 22.9 Å². The molecule has 0 saturated carbocycles. The van der Waals surface area contributed by atoms with E-state index in [1.54, 1.807) is 19.3 Å². The monoisotopic (exact) mass is 291 g/mol. The number of hydrogen-bond acceptors (Lipinski definition) is 5. The zero-order valence-electron chi connectivity index (χ0n) is 10.8. The highest BCUT2D eigenvalue weighted by molar-refractivity contribution is 7.11. The predicted molar refractivity (Wildman–Crippen MR) is 75.0 cm³/mol. The number of nitrogens with one attached hydrogen (secondary N) is 1. The van der Waals surface area contributed by atoms with Gasteiger partial charge in [0.15, 0.2) is 0 Å². The highest BCUT2D eigenvalue weighted by Gasteiger charge is 2.18. The van der Waals surface area contributed by atoms with Crippen molar-refractivity contribution in [3.63, 3.8) is 0 Å². The van der Waals surface area contributed by atoms with Gasteiger partial charge in [-0.15, -0.1) is 0 Å². The van der Waals surface area contributed by atoms with E-state index in [0.717, 1.165) is 17.1 Å². The minimum atomic E-state index is -1.08. The minimum Gasteiger partial charge on any atom is -0.478 e. The molecule has 0 spiro atoms. The van der Waals surface area contributed by atoms with E-state index in [4.69, 9.17) is 5.11 Å². The van der Waals surface area contributed by atoms with Crippen LogP contribution in [-0.2, 0) is 11.2 Å². The van der Waals surface area contributed by atoms with E-state index in [1.807, 2.05) is 12.1 Å². The van der Waals surface area contributed by atoms with Crippen LogP contribution in [0.2, 0.25) is 0 Å². The molecule has 0 aliphatic heterocycles. The number of nitrogens with zero attached hydrogens (tertiary/aromatic N) is 2. The maximum absolute atomic E-state index is 11.8. The van der Waals surface area contributed by atoms with Crippen LogP contribution in [0.5, 0.6) is 0 Å². The minimum absolute atomic E-state index is 0.0599. The summed E-state index contributed by atoms with van der Waals surface area (Å²) in [6, 6.07) is 3.70. The molecule has 0 fully saturated rings. The highest BCUT2D eigenvalue weighted by atomic mass is 32.1. The Labute approximate surface area is 119 Å². The smallest absolute Gasteiger partial charge is 0.340 e. The Morgan fingerprint density at radius 2 is 2.25 bits per heavy atom. The first-order chi connectivity index (χ1) is 9.58. The Bertz CT molecular complexity index is 625. The van der Waals surface area contributed by atoms with Crippen molar-refractivity contribution in [3.8, 4) is 0 Å². The fourth-order valence-electron chi connectivity index (χ4n) is 1.70. The van der Waals surface area contributed by atoms with Crippen molar-refractivity contribution in [2.24, 2.45) is 0 Å². The molecule has 1 amide bonds. The van der Waals surface area contributed by atoms with Gasteiger partial charge in [-0.1, -0.05) is 6.07 Å². The normalized spacial score (nSPS) is 10.2. The Morgan fingerprint density at radius 1 is 1.45 bits per heavy atom. The van der Waals surface area contributed by atoms with Crippen molar-refractivity contribution < 1.29 is 14.7 Å². The second-order valence-electron chi connectivity index (χ2n) is 4.19. The van der Waals surface area contributed by atoms with Crippen molar-refractivity contribution in [2.75, 3.05) is 5.32 Å². The molecule has 2 aromatic heterocycles. The zero-order valence-corrected chi connectivity index (χ0v) is 11.6. The largest absolute Gasteiger partial charge is 0.478 e. The summed E-state index contributed by atoms with van der Waals surface area (Å²) < 4.78 is 3.95. The summed E-state index contributed by atoms with van der Waals surface area (Å²) in [7, 11) is 0. The molecule has 0 aliphatic rings. The third-order valence-electron chi connectivity index (χ3n) is 2.69. The van der Waals surface area contributed by atoms with Gasteiger partial charge in [0, 0.05) is 18.8 Å². The number of amides is 1. The molecule has 0 aliphatic carbocycles. The SMILES string of the molecule is Cc1nsc(NC(=O)CCc2cccnc2)c1C(=O)O. The summed E-state index contributed by atoms with van der Waals surface area (Å²) in [5.41, 5.74) is 1.43. The van der Waals surface area contributed by atoms with Crippen molar-refractivity contribution in [1.82, 2.24) is 9.36 Å². The maximum Gasteiger partial charge on any atom is 0.340 e. The van der Waals surface area contributed by atoms with Crippen molar-refractivity contribution >= 4 is 28.4 Å². The Balaban J connectivity index is 1.97. The van der Waals surface area contributed by atoms with Gasteiger partial charge in [-0.2, -0.15) is 4.37 Å². The summed E-state index contributed by atoms with van der Waals surface area (Å²) in [6.07, 6.45) is 4.19. The van der Waals surface area contributed by atoms with Crippen LogP contribution in [0.25, 0.3) is 0 Å². The van der Waals surface area contributed by atoms with Gasteiger partial charge in [-0.05, 0) is 36.5 Å². The number of carbonyl (C=O) groups is 2.